The molecular formula is C18H24N4O2. The van der Waals surface area contributed by atoms with Crippen LogP contribution in [0.15, 0.2) is 24.4 Å². The van der Waals surface area contributed by atoms with Crippen molar-refractivity contribution in [3.8, 4) is 0 Å². The van der Waals surface area contributed by atoms with Crippen LogP contribution in [0.5, 0.6) is 0 Å². The normalized spacial score (nSPS) is 28.7. The second kappa shape index (κ2) is 5.84. The first-order chi connectivity index (χ1) is 11.6. The minimum atomic E-state index is -0.581. The minimum absolute atomic E-state index is 0.0215. The molecule has 6 heteroatoms. The van der Waals surface area contributed by atoms with Gasteiger partial charge in [0.2, 0.25) is 0 Å². The molecule has 0 spiro atoms. The fourth-order valence-electron chi connectivity index (χ4n) is 4.35. The molecule has 4 heterocycles. The molecule has 3 aliphatic heterocycles. The van der Waals surface area contributed by atoms with Gasteiger partial charge in [0.25, 0.3) is 5.91 Å². The van der Waals surface area contributed by atoms with Crippen LogP contribution in [0.2, 0.25) is 0 Å². The van der Waals surface area contributed by atoms with Gasteiger partial charge in [0, 0.05) is 38.4 Å². The van der Waals surface area contributed by atoms with Gasteiger partial charge in [0.1, 0.15) is 5.54 Å². The fraction of sp³-hybridized carbons (Fsp3) is 0.611. The van der Waals surface area contributed by atoms with Gasteiger partial charge in [0.05, 0.1) is 5.69 Å². The number of urea groups is 1. The van der Waals surface area contributed by atoms with Gasteiger partial charge in [-0.05, 0) is 44.7 Å². The van der Waals surface area contributed by atoms with E-state index < -0.39 is 5.54 Å². The third-order valence-electron chi connectivity index (χ3n) is 5.79. The molecule has 0 aliphatic carbocycles. The molecule has 3 saturated heterocycles. The number of aromatic nitrogens is 1. The Morgan fingerprint density at radius 3 is 2.67 bits per heavy atom. The summed E-state index contributed by atoms with van der Waals surface area (Å²) in [6.07, 6.45) is 5.26. The molecule has 0 aromatic carbocycles. The van der Waals surface area contributed by atoms with Crippen molar-refractivity contribution in [2.75, 3.05) is 19.6 Å². The molecule has 6 nitrogen and oxygen atoms in total. The number of hydrogen-bond acceptors (Lipinski definition) is 4. The number of amides is 3. The zero-order valence-corrected chi connectivity index (χ0v) is 14.1. The molecule has 0 bridgehead atoms. The van der Waals surface area contributed by atoms with Crippen molar-refractivity contribution in [3.05, 3.63) is 30.1 Å². The summed E-state index contributed by atoms with van der Waals surface area (Å²) >= 11 is 0. The summed E-state index contributed by atoms with van der Waals surface area (Å²) in [4.78, 5) is 35.6. The number of likely N-dealkylation sites (tertiary alicyclic amines) is 1. The van der Waals surface area contributed by atoms with Crippen LogP contribution >= 0.6 is 0 Å². The maximum atomic E-state index is 12.8. The van der Waals surface area contributed by atoms with E-state index in [0.717, 1.165) is 57.6 Å². The molecule has 1 atom stereocenters. The van der Waals surface area contributed by atoms with Gasteiger partial charge in [-0.2, -0.15) is 0 Å². The maximum absolute atomic E-state index is 12.8. The lowest BCUT2D eigenvalue weighted by atomic mass is 9.97. The number of carbonyl (C=O) groups excluding carboxylic acids is 2. The van der Waals surface area contributed by atoms with Crippen LogP contribution in [-0.4, -0.2) is 62.8 Å². The third-order valence-corrected chi connectivity index (χ3v) is 5.79. The van der Waals surface area contributed by atoms with Gasteiger partial charge in [-0.15, -0.1) is 0 Å². The van der Waals surface area contributed by atoms with Crippen molar-refractivity contribution in [3.63, 3.8) is 0 Å². The van der Waals surface area contributed by atoms with Crippen molar-refractivity contribution in [2.24, 2.45) is 0 Å². The van der Waals surface area contributed by atoms with E-state index in [9.17, 15) is 9.59 Å². The Hall–Kier alpha value is -1.95. The van der Waals surface area contributed by atoms with Crippen LogP contribution in [0, 0.1) is 0 Å². The number of imide groups is 1. The van der Waals surface area contributed by atoms with E-state index in [0.29, 0.717) is 0 Å². The Morgan fingerprint density at radius 2 is 2.00 bits per heavy atom. The first kappa shape index (κ1) is 15.6. The van der Waals surface area contributed by atoms with Crippen molar-refractivity contribution in [1.29, 1.82) is 0 Å². The number of pyridine rings is 1. The highest BCUT2D eigenvalue weighted by Crippen LogP contribution is 2.39. The number of hydrogen-bond donors (Lipinski definition) is 0. The van der Waals surface area contributed by atoms with Gasteiger partial charge >= 0.3 is 6.03 Å². The molecule has 0 saturated carbocycles. The van der Waals surface area contributed by atoms with E-state index in [1.807, 2.05) is 31.3 Å². The molecular weight excluding hydrogens is 304 g/mol. The zero-order chi connectivity index (χ0) is 16.7. The number of nitrogens with zero attached hydrogens (tertiary/aromatic N) is 4. The second-order valence-corrected chi connectivity index (χ2v) is 7.32. The van der Waals surface area contributed by atoms with E-state index in [4.69, 9.17) is 0 Å². The van der Waals surface area contributed by atoms with Crippen LogP contribution in [0.25, 0.3) is 0 Å². The first-order valence-corrected chi connectivity index (χ1v) is 8.87. The second-order valence-electron chi connectivity index (χ2n) is 7.32. The van der Waals surface area contributed by atoms with E-state index in [1.54, 1.807) is 9.80 Å². The number of fused-ring (bicyclic) bond motifs is 1. The number of carbonyl (C=O) groups is 2. The average molecular weight is 328 g/mol. The molecule has 0 radical (unpaired) electrons. The summed E-state index contributed by atoms with van der Waals surface area (Å²) in [6, 6.07) is 5.95. The molecule has 1 unspecified atom stereocenters. The van der Waals surface area contributed by atoms with Crippen molar-refractivity contribution < 1.29 is 9.59 Å². The SMILES string of the molecule is CC12CCCN1C(=O)N(C1CCN(Cc3ccccn3)CC1)C2=O. The lowest BCUT2D eigenvalue weighted by Gasteiger charge is -2.35. The fourth-order valence-corrected chi connectivity index (χ4v) is 4.35. The topological polar surface area (TPSA) is 56.8 Å². The standard InChI is InChI=1S/C18H24N4O2/c1-18-8-4-10-21(18)17(24)22(16(18)23)15-6-11-20(12-7-15)13-14-5-2-3-9-19-14/h2-3,5,9,15H,4,6-8,10-13H2,1H3. The van der Waals surface area contributed by atoms with E-state index in [1.165, 1.54) is 0 Å². The Labute approximate surface area is 142 Å². The van der Waals surface area contributed by atoms with Crippen LogP contribution < -0.4 is 0 Å². The molecule has 128 valence electrons. The molecule has 1 aromatic heterocycles. The van der Waals surface area contributed by atoms with Crippen molar-refractivity contribution in [2.45, 2.75) is 50.7 Å². The summed E-state index contributed by atoms with van der Waals surface area (Å²) in [5.74, 6) is 0.0215. The number of rotatable bonds is 3. The highest BCUT2D eigenvalue weighted by molar-refractivity contribution is 6.07. The average Bonchev–Trinajstić information content (AvgIpc) is 3.07. The zero-order valence-electron chi connectivity index (χ0n) is 14.1. The van der Waals surface area contributed by atoms with Gasteiger partial charge in [0.15, 0.2) is 0 Å². The molecule has 3 fully saturated rings. The summed E-state index contributed by atoms with van der Waals surface area (Å²) in [7, 11) is 0. The predicted molar refractivity (Wildman–Crippen MR) is 89.1 cm³/mol. The van der Waals surface area contributed by atoms with E-state index in [2.05, 4.69) is 9.88 Å². The van der Waals surface area contributed by atoms with Crippen molar-refractivity contribution in [1.82, 2.24) is 19.7 Å². The van der Waals surface area contributed by atoms with E-state index >= 15 is 0 Å². The Kier molecular flexibility index (Phi) is 3.79. The number of piperidine rings is 1. The van der Waals surface area contributed by atoms with E-state index in [-0.39, 0.29) is 18.0 Å². The lowest BCUT2D eigenvalue weighted by Crippen LogP contribution is -2.48. The quantitative estimate of drug-likeness (QED) is 0.795. The highest BCUT2D eigenvalue weighted by Gasteiger charge is 2.57. The minimum Gasteiger partial charge on any atom is -0.310 e. The predicted octanol–water partition coefficient (Wildman–Crippen LogP) is 1.86. The smallest absolute Gasteiger partial charge is 0.310 e. The molecule has 1 aromatic rings. The van der Waals surface area contributed by atoms with Gasteiger partial charge in [-0.25, -0.2) is 4.79 Å². The summed E-state index contributed by atoms with van der Waals surface area (Å²) < 4.78 is 0. The molecule has 24 heavy (non-hydrogen) atoms. The Morgan fingerprint density at radius 1 is 1.21 bits per heavy atom. The first-order valence-electron chi connectivity index (χ1n) is 8.87. The summed E-state index contributed by atoms with van der Waals surface area (Å²) in [6.45, 7) is 5.27. The van der Waals surface area contributed by atoms with Gasteiger partial charge in [-0.3, -0.25) is 19.6 Å². The molecule has 4 rings (SSSR count). The summed E-state index contributed by atoms with van der Waals surface area (Å²) in [5.41, 5.74) is 0.486. The maximum Gasteiger partial charge on any atom is 0.327 e. The Balaban J connectivity index is 1.40. The van der Waals surface area contributed by atoms with Crippen LogP contribution in [0.1, 0.15) is 38.3 Å². The third kappa shape index (κ3) is 2.40. The molecule has 3 amide bonds. The van der Waals surface area contributed by atoms with Crippen LogP contribution in [0.4, 0.5) is 4.79 Å². The van der Waals surface area contributed by atoms with Crippen molar-refractivity contribution >= 4 is 11.9 Å². The summed E-state index contributed by atoms with van der Waals surface area (Å²) in [5, 5.41) is 0. The molecule has 0 N–H and O–H groups in total. The van der Waals surface area contributed by atoms with Crippen LogP contribution in [-0.2, 0) is 11.3 Å². The van der Waals surface area contributed by atoms with Crippen LogP contribution in [0.3, 0.4) is 0 Å². The molecule has 3 aliphatic rings. The monoisotopic (exact) mass is 328 g/mol. The van der Waals surface area contributed by atoms with Gasteiger partial charge in [-0.1, -0.05) is 6.07 Å². The lowest BCUT2D eigenvalue weighted by molar-refractivity contribution is -0.134. The highest BCUT2D eigenvalue weighted by atomic mass is 16.2. The van der Waals surface area contributed by atoms with Gasteiger partial charge < -0.3 is 4.90 Å². The Bertz CT molecular complexity index is 642. The largest absolute Gasteiger partial charge is 0.327 e.